The third kappa shape index (κ3) is 3.59. The maximum Gasteiger partial charge on any atom is 0.342 e. The largest absolute Gasteiger partial charge is 0.462 e. The molecule has 0 spiro atoms. The molecular formula is C12H18N2O4. The zero-order valence-electron chi connectivity index (χ0n) is 10.8. The number of carbonyl (C=O) groups excluding carboxylic acids is 2. The second-order valence-electron chi connectivity index (χ2n) is 3.61. The number of hydrogen-bond acceptors (Lipinski definition) is 4. The van der Waals surface area contributed by atoms with Gasteiger partial charge in [0, 0.05) is 18.5 Å². The van der Waals surface area contributed by atoms with E-state index in [-0.39, 0.29) is 19.1 Å². The van der Waals surface area contributed by atoms with Crippen LogP contribution in [0.15, 0.2) is 6.20 Å². The van der Waals surface area contributed by atoms with Crippen molar-refractivity contribution in [3.63, 3.8) is 0 Å². The summed E-state index contributed by atoms with van der Waals surface area (Å²) >= 11 is 0. The maximum absolute atomic E-state index is 11.7. The van der Waals surface area contributed by atoms with Crippen molar-refractivity contribution in [1.82, 2.24) is 4.98 Å². The fraction of sp³-hybridized carbons (Fsp3) is 0.500. The van der Waals surface area contributed by atoms with E-state index in [4.69, 9.17) is 9.47 Å². The Bertz CT molecular complexity index is 426. The Kier molecular flexibility index (Phi) is 5.38. The van der Waals surface area contributed by atoms with Gasteiger partial charge in [0.05, 0.1) is 12.3 Å². The monoisotopic (exact) mass is 254 g/mol. The van der Waals surface area contributed by atoms with Gasteiger partial charge in [-0.25, -0.2) is 4.79 Å². The molecule has 0 bridgehead atoms. The molecule has 0 aliphatic heterocycles. The number of aromatic nitrogens is 1. The molecule has 100 valence electrons. The summed E-state index contributed by atoms with van der Waals surface area (Å²) in [5.74, 6) is -0.760. The number of anilines is 1. The number of amides is 1. The maximum atomic E-state index is 11.7. The Balaban J connectivity index is 2.77. The summed E-state index contributed by atoms with van der Waals surface area (Å²) in [4.78, 5) is 26.1. The van der Waals surface area contributed by atoms with Crippen LogP contribution in [0.1, 0.15) is 29.9 Å². The third-order valence-electron chi connectivity index (χ3n) is 2.27. The van der Waals surface area contributed by atoms with Crippen molar-refractivity contribution in [1.29, 1.82) is 0 Å². The van der Waals surface area contributed by atoms with E-state index in [1.807, 2.05) is 0 Å². The van der Waals surface area contributed by atoms with Crippen LogP contribution in [0.2, 0.25) is 0 Å². The number of H-pyrrole nitrogens is 1. The second kappa shape index (κ2) is 6.80. The van der Waals surface area contributed by atoms with E-state index in [9.17, 15) is 9.59 Å². The van der Waals surface area contributed by atoms with E-state index >= 15 is 0 Å². The average molecular weight is 254 g/mol. The topological polar surface area (TPSA) is 80.4 Å². The minimum absolute atomic E-state index is 0.0387. The van der Waals surface area contributed by atoms with Crippen LogP contribution >= 0.6 is 0 Å². The highest BCUT2D eigenvalue weighted by Crippen LogP contribution is 2.20. The lowest BCUT2D eigenvalue weighted by Gasteiger charge is -2.07. The number of ether oxygens (including phenoxy) is 2. The van der Waals surface area contributed by atoms with Gasteiger partial charge in [0.25, 0.3) is 0 Å². The fourth-order valence-corrected chi connectivity index (χ4v) is 1.47. The first-order chi connectivity index (χ1) is 8.60. The molecule has 0 aliphatic rings. The first kappa shape index (κ1) is 14.2. The molecule has 1 amide bonds. The Labute approximate surface area is 106 Å². The van der Waals surface area contributed by atoms with Crippen molar-refractivity contribution in [2.45, 2.75) is 20.8 Å². The van der Waals surface area contributed by atoms with Crippen molar-refractivity contribution >= 4 is 17.6 Å². The molecule has 0 atom stereocenters. The van der Waals surface area contributed by atoms with Crippen molar-refractivity contribution in [3.8, 4) is 0 Å². The molecule has 0 radical (unpaired) electrons. The van der Waals surface area contributed by atoms with E-state index in [1.165, 1.54) is 0 Å². The summed E-state index contributed by atoms with van der Waals surface area (Å²) in [5.41, 5.74) is 1.41. The van der Waals surface area contributed by atoms with E-state index in [2.05, 4.69) is 10.3 Å². The smallest absolute Gasteiger partial charge is 0.342 e. The Morgan fingerprint density at radius 3 is 2.67 bits per heavy atom. The fourth-order valence-electron chi connectivity index (χ4n) is 1.47. The molecule has 2 N–H and O–H groups in total. The predicted octanol–water partition coefficient (Wildman–Crippen LogP) is 1.47. The van der Waals surface area contributed by atoms with Crippen LogP contribution in [-0.4, -0.2) is 36.7 Å². The molecule has 18 heavy (non-hydrogen) atoms. The van der Waals surface area contributed by atoms with E-state index in [0.29, 0.717) is 23.6 Å². The number of hydrogen-bond donors (Lipinski definition) is 2. The molecule has 0 unspecified atom stereocenters. The normalized spacial score (nSPS) is 10.2. The molecule has 1 rings (SSSR count). The lowest BCUT2D eigenvalue weighted by molar-refractivity contribution is -0.120. The quantitative estimate of drug-likeness (QED) is 0.753. The van der Waals surface area contributed by atoms with Crippen molar-refractivity contribution in [2.24, 2.45) is 0 Å². The van der Waals surface area contributed by atoms with Crippen LogP contribution in [0.5, 0.6) is 0 Å². The molecule has 0 fully saturated rings. The molecule has 1 aromatic rings. The van der Waals surface area contributed by atoms with Gasteiger partial charge in [0.2, 0.25) is 5.91 Å². The van der Waals surface area contributed by atoms with E-state index in [1.54, 1.807) is 27.0 Å². The van der Waals surface area contributed by atoms with Gasteiger partial charge in [-0.05, 0) is 20.8 Å². The molecule has 0 saturated carbocycles. The molecule has 1 aromatic heterocycles. The Morgan fingerprint density at radius 2 is 2.06 bits per heavy atom. The summed E-state index contributed by atoms with van der Waals surface area (Å²) < 4.78 is 9.91. The summed E-state index contributed by atoms with van der Waals surface area (Å²) in [6.45, 7) is 5.98. The van der Waals surface area contributed by atoms with Crippen LogP contribution in [0.25, 0.3) is 0 Å². The van der Waals surface area contributed by atoms with Gasteiger partial charge in [0.1, 0.15) is 12.2 Å². The van der Waals surface area contributed by atoms with Crippen LogP contribution < -0.4 is 5.32 Å². The second-order valence-corrected chi connectivity index (χ2v) is 3.61. The lowest BCUT2D eigenvalue weighted by Crippen LogP contribution is -2.19. The first-order valence-electron chi connectivity index (χ1n) is 5.82. The number of nitrogens with one attached hydrogen (secondary N) is 2. The molecule has 0 saturated heterocycles. The molecule has 1 heterocycles. The highest BCUT2D eigenvalue weighted by molar-refractivity contribution is 6.02. The van der Waals surface area contributed by atoms with E-state index < -0.39 is 5.97 Å². The number of rotatable bonds is 6. The van der Waals surface area contributed by atoms with Gasteiger partial charge in [-0.1, -0.05) is 0 Å². The SMILES string of the molecule is CCOCC(=O)Nc1c[nH]c(C)c1C(=O)OCC. The Morgan fingerprint density at radius 1 is 1.33 bits per heavy atom. The van der Waals surface area contributed by atoms with Crippen LogP contribution in [0.4, 0.5) is 5.69 Å². The Hall–Kier alpha value is -1.82. The number of aryl methyl sites for hydroxylation is 1. The van der Waals surface area contributed by atoms with E-state index in [0.717, 1.165) is 0 Å². The lowest BCUT2D eigenvalue weighted by atomic mass is 10.2. The zero-order valence-corrected chi connectivity index (χ0v) is 10.8. The number of esters is 1. The molecule has 0 aliphatic carbocycles. The summed E-state index contributed by atoms with van der Waals surface area (Å²) in [6.07, 6.45) is 1.56. The van der Waals surface area contributed by atoms with Gasteiger partial charge in [-0.15, -0.1) is 0 Å². The highest BCUT2D eigenvalue weighted by atomic mass is 16.5. The minimum atomic E-state index is -0.456. The molecule has 6 nitrogen and oxygen atoms in total. The van der Waals surface area contributed by atoms with Gasteiger partial charge in [-0.2, -0.15) is 0 Å². The van der Waals surface area contributed by atoms with Crippen LogP contribution in [-0.2, 0) is 14.3 Å². The summed E-state index contributed by atoms with van der Waals surface area (Å²) in [6, 6.07) is 0. The zero-order chi connectivity index (χ0) is 13.5. The van der Waals surface area contributed by atoms with Crippen LogP contribution in [0.3, 0.4) is 0 Å². The minimum Gasteiger partial charge on any atom is -0.462 e. The van der Waals surface area contributed by atoms with Gasteiger partial charge in [0.15, 0.2) is 0 Å². The first-order valence-corrected chi connectivity index (χ1v) is 5.82. The van der Waals surface area contributed by atoms with Crippen molar-refractivity contribution in [3.05, 3.63) is 17.5 Å². The molecular weight excluding hydrogens is 236 g/mol. The number of carbonyl (C=O) groups is 2. The van der Waals surface area contributed by atoms with Crippen molar-refractivity contribution < 1.29 is 19.1 Å². The third-order valence-corrected chi connectivity index (χ3v) is 2.27. The standard InChI is InChI=1S/C12H18N2O4/c1-4-17-7-10(15)14-9-6-13-8(3)11(9)12(16)18-5-2/h6,13H,4-5,7H2,1-3H3,(H,14,15). The van der Waals surface area contributed by atoms with Crippen LogP contribution in [0, 0.1) is 6.92 Å². The molecule has 0 aromatic carbocycles. The summed E-state index contributed by atoms with van der Waals surface area (Å²) in [7, 11) is 0. The average Bonchev–Trinajstić information content (AvgIpc) is 2.68. The molecule has 6 heteroatoms. The number of aromatic amines is 1. The summed E-state index contributed by atoms with van der Waals surface area (Å²) in [5, 5.41) is 2.61. The van der Waals surface area contributed by atoms with Crippen molar-refractivity contribution in [2.75, 3.05) is 25.1 Å². The predicted molar refractivity (Wildman–Crippen MR) is 66.6 cm³/mol. The van der Waals surface area contributed by atoms with Gasteiger partial charge >= 0.3 is 5.97 Å². The van der Waals surface area contributed by atoms with Gasteiger partial charge in [-0.3, -0.25) is 4.79 Å². The van der Waals surface area contributed by atoms with Gasteiger partial charge < -0.3 is 19.8 Å². The highest BCUT2D eigenvalue weighted by Gasteiger charge is 2.18.